The van der Waals surface area contributed by atoms with E-state index in [0.717, 1.165) is 37.7 Å². The van der Waals surface area contributed by atoms with Crippen LogP contribution < -0.4 is 22.1 Å². The summed E-state index contributed by atoms with van der Waals surface area (Å²) in [5, 5.41) is 5.48. The number of carbonyl (C=O) groups excluding carboxylic acids is 8. The number of carbonyl (C=O) groups is 8. The van der Waals surface area contributed by atoms with Gasteiger partial charge in [-0.3, -0.25) is 62.4 Å². The van der Waals surface area contributed by atoms with E-state index in [1.165, 1.54) is 33.4 Å². The molecule has 0 radical (unpaired) electrons. The Morgan fingerprint density at radius 1 is 0.892 bits per heavy atom. The van der Waals surface area contributed by atoms with Gasteiger partial charge in [0, 0.05) is 86.1 Å². The van der Waals surface area contributed by atoms with Gasteiger partial charge in [-0.2, -0.15) is 0 Å². The van der Waals surface area contributed by atoms with Gasteiger partial charge in [-0.25, -0.2) is 4.79 Å². The molecule has 4 fully saturated rings. The van der Waals surface area contributed by atoms with Gasteiger partial charge in [0.25, 0.3) is 11.4 Å². The molecule has 3 aliphatic heterocycles. The second-order valence-corrected chi connectivity index (χ2v) is 21.9. The van der Waals surface area contributed by atoms with Gasteiger partial charge in [0.05, 0.1) is 17.1 Å². The van der Waals surface area contributed by atoms with Gasteiger partial charge in [0.15, 0.2) is 5.78 Å². The second-order valence-electron chi connectivity index (χ2n) is 20.4. The van der Waals surface area contributed by atoms with Crippen molar-refractivity contribution < 1.29 is 52.7 Å². The van der Waals surface area contributed by atoms with Crippen molar-refractivity contribution in [2.24, 2.45) is 24.6 Å². The predicted octanol–water partition coefficient (Wildman–Crippen LogP) is 3.65. The van der Waals surface area contributed by atoms with Gasteiger partial charge in [0.2, 0.25) is 29.5 Å². The number of rotatable bonds is 16. The zero-order chi connectivity index (χ0) is 52.6. The van der Waals surface area contributed by atoms with Crippen molar-refractivity contribution >= 4 is 76.3 Å². The third-order valence-corrected chi connectivity index (χ3v) is 16.3. The number of benzene rings is 2. The molecule has 390 valence electrons. The van der Waals surface area contributed by atoms with Gasteiger partial charge in [-0.15, -0.1) is 0 Å². The lowest BCUT2D eigenvalue weighted by Gasteiger charge is -2.39. The number of hydrogen-bond donors (Lipinski definition) is 6. The van der Waals surface area contributed by atoms with Gasteiger partial charge in [-0.1, -0.05) is 12.1 Å². The Kier molecular flexibility index (Phi) is 15.0. The van der Waals surface area contributed by atoms with E-state index in [-0.39, 0.29) is 92.1 Å². The highest BCUT2D eigenvalue weighted by Crippen LogP contribution is 2.40. The minimum absolute atomic E-state index is 0.00614. The van der Waals surface area contributed by atoms with E-state index in [9.17, 15) is 57.5 Å². The minimum Gasteiger partial charge on any atom is -0.370 e. The van der Waals surface area contributed by atoms with Crippen LogP contribution >= 0.6 is 7.60 Å². The minimum atomic E-state index is -5.09. The summed E-state index contributed by atoms with van der Waals surface area (Å²) in [6.07, 6.45) is 7.85. The molecular weight excluding hydrogens is 974 g/mol. The number of imide groups is 1. The van der Waals surface area contributed by atoms with E-state index < -0.39 is 66.8 Å². The summed E-state index contributed by atoms with van der Waals surface area (Å²) in [6, 6.07) is 13.1. The van der Waals surface area contributed by atoms with E-state index in [0.29, 0.717) is 52.8 Å². The Morgan fingerprint density at radius 3 is 2.38 bits per heavy atom. The topological polar surface area (TPSA) is 306 Å². The lowest BCUT2D eigenvalue weighted by atomic mass is 9.78. The SMILES string of the molecule is Cn1c(=O)n(C2CCC(=O)NC2=O)c2ccc(CC3CCC(CC(=O)N4CC[C@H]5CC[C@@H](C(=O)C[C@@H](CCC(N)=O)c6ccccn6)N5C(=O)[C@@H](NC(=O)c5cc6cc(C(=O)P(=O)(O)O)ccc6[nH]5)C4)CC3)cc21. The summed E-state index contributed by atoms with van der Waals surface area (Å²) < 4.78 is 14.7. The molecule has 0 bridgehead atoms. The van der Waals surface area contributed by atoms with Crippen LogP contribution in [0.25, 0.3) is 21.9 Å². The molecular formula is C52H60N9O12P. The fourth-order valence-corrected chi connectivity index (χ4v) is 12.1. The van der Waals surface area contributed by atoms with Crippen molar-refractivity contribution in [1.82, 2.24) is 39.5 Å². The monoisotopic (exact) mass is 1030 g/mol. The number of nitrogens with zero attached hydrogens (tertiary/aromatic N) is 5. The molecule has 5 aromatic rings. The highest BCUT2D eigenvalue weighted by atomic mass is 31.2. The number of aryl methyl sites for hydroxylation is 1. The number of nitrogens with one attached hydrogen (secondary N) is 3. The number of amides is 6. The van der Waals surface area contributed by atoms with Crippen LogP contribution in [0, 0.1) is 11.8 Å². The number of hydrogen-bond acceptors (Lipinski definition) is 11. The maximum absolute atomic E-state index is 14.9. The molecule has 6 heterocycles. The second kappa shape index (κ2) is 21.4. The van der Waals surface area contributed by atoms with Crippen molar-refractivity contribution in [3.8, 4) is 0 Å². The maximum atomic E-state index is 14.9. The van der Waals surface area contributed by atoms with Crippen LogP contribution in [0.5, 0.6) is 0 Å². The smallest absolute Gasteiger partial charge is 0.370 e. The third-order valence-electron chi connectivity index (χ3n) is 15.5. The number of fused-ring (bicyclic) bond motifs is 3. The Hall–Kier alpha value is -7.09. The number of piperidine rings is 1. The first-order valence-electron chi connectivity index (χ1n) is 25.2. The molecule has 9 rings (SSSR count). The fraction of sp³-hybridized carbons (Fsp3) is 0.462. The number of ketones is 1. The normalized spacial score (nSPS) is 23.0. The van der Waals surface area contributed by atoms with E-state index in [2.05, 4.69) is 20.6 Å². The fourth-order valence-electron chi connectivity index (χ4n) is 11.6. The lowest BCUT2D eigenvalue weighted by Crippen LogP contribution is -2.60. The zero-order valence-electron chi connectivity index (χ0n) is 40.9. The molecule has 5 atom stereocenters. The number of pyridine rings is 1. The molecule has 74 heavy (non-hydrogen) atoms. The van der Waals surface area contributed by atoms with Crippen LogP contribution in [0.3, 0.4) is 0 Å². The van der Waals surface area contributed by atoms with E-state index >= 15 is 0 Å². The number of imidazole rings is 1. The summed E-state index contributed by atoms with van der Waals surface area (Å²) >= 11 is 0. The van der Waals surface area contributed by atoms with Crippen LogP contribution in [-0.4, -0.2) is 117 Å². The molecule has 1 saturated carbocycles. The van der Waals surface area contributed by atoms with E-state index in [1.54, 1.807) is 41.2 Å². The quantitative estimate of drug-likeness (QED) is 0.0608. The number of Topliss-reactive ketones (excluding diaryl/α,β-unsaturated/α-hetero) is 1. The highest BCUT2D eigenvalue weighted by molar-refractivity contribution is 7.70. The van der Waals surface area contributed by atoms with Crippen LogP contribution in [-0.2, 0) is 46.8 Å². The number of primary amides is 1. The molecule has 4 aliphatic rings. The Labute approximate surface area is 424 Å². The first-order valence-corrected chi connectivity index (χ1v) is 26.8. The molecule has 1 aliphatic carbocycles. The van der Waals surface area contributed by atoms with Crippen LogP contribution in [0.15, 0.2) is 71.7 Å². The summed E-state index contributed by atoms with van der Waals surface area (Å²) in [5.41, 5.74) is 6.88. The van der Waals surface area contributed by atoms with Crippen molar-refractivity contribution in [3.63, 3.8) is 0 Å². The van der Waals surface area contributed by atoms with Crippen molar-refractivity contribution in [3.05, 3.63) is 99.9 Å². The average Bonchev–Trinajstić information content (AvgIpc) is 4.07. The molecule has 3 aromatic heterocycles. The van der Waals surface area contributed by atoms with E-state index in [1.807, 2.05) is 18.2 Å². The Balaban J connectivity index is 0.892. The molecule has 2 aromatic carbocycles. The zero-order valence-corrected chi connectivity index (χ0v) is 41.8. The molecule has 0 spiro atoms. The molecule has 3 saturated heterocycles. The molecule has 7 N–H and O–H groups in total. The molecule has 1 unspecified atom stereocenters. The first kappa shape index (κ1) is 51.8. The molecule has 21 nitrogen and oxygen atoms in total. The van der Waals surface area contributed by atoms with E-state index in [4.69, 9.17) is 5.73 Å². The Bertz CT molecular complexity index is 3170. The van der Waals surface area contributed by atoms with Crippen LogP contribution in [0.1, 0.15) is 128 Å². The van der Waals surface area contributed by atoms with Crippen molar-refractivity contribution in [2.45, 2.75) is 120 Å². The average molecular weight is 1030 g/mol. The maximum Gasteiger partial charge on any atom is 0.396 e. The van der Waals surface area contributed by atoms with Gasteiger partial charge in [-0.05, 0) is 130 Å². The van der Waals surface area contributed by atoms with Crippen LogP contribution in [0.2, 0.25) is 0 Å². The Morgan fingerprint density at radius 2 is 1.66 bits per heavy atom. The predicted molar refractivity (Wildman–Crippen MR) is 268 cm³/mol. The number of nitrogens with two attached hydrogens (primary N) is 1. The lowest BCUT2D eigenvalue weighted by molar-refractivity contribution is -0.145. The number of aromatic nitrogens is 4. The van der Waals surface area contributed by atoms with Crippen molar-refractivity contribution in [2.75, 3.05) is 13.1 Å². The van der Waals surface area contributed by atoms with Crippen LogP contribution in [0.4, 0.5) is 0 Å². The summed E-state index contributed by atoms with van der Waals surface area (Å²) in [5.74, 6) is -3.04. The summed E-state index contributed by atoms with van der Waals surface area (Å²) in [4.78, 5) is 149. The summed E-state index contributed by atoms with van der Waals surface area (Å²) in [7, 11) is -3.42. The molecule has 22 heteroatoms. The van der Waals surface area contributed by atoms with Gasteiger partial charge in [0.1, 0.15) is 17.8 Å². The first-order chi connectivity index (χ1) is 35.3. The van der Waals surface area contributed by atoms with Crippen molar-refractivity contribution in [1.29, 1.82) is 0 Å². The number of H-pyrrole nitrogens is 1. The summed E-state index contributed by atoms with van der Waals surface area (Å²) in [6.45, 7) is 0.0968. The van der Waals surface area contributed by atoms with Gasteiger partial charge >= 0.3 is 13.3 Å². The number of aromatic amines is 1. The largest absolute Gasteiger partial charge is 0.396 e. The molecule has 6 amide bonds. The standard InChI is InChI=1S/C52H60N9O12P/c1-58-43-23-31(9-14-40(43)61(52(58)70)42-16-18-46(64)57-49(42)67)22-29-5-7-30(8-6-29)24-47(65)59-21-19-35-12-15-41(44(62)27-32(11-17-45(53)63)36-4-2-3-20-54-36)60(35)50(68)39(28-59)56-48(66)38-26-34-25-33(10-13-37(34)55-38)51(69)74(71,72)73/h2-4,9-10,13-14,20,23,25-26,29-30,32,35,39,41-42,55H,5-8,11-12,15-19,21-22,24,27-28H2,1H3,(H2,53,63)(H,56,66)(H,57,64,67)(H2,71,72,73)/t29?,30?,32-,35-,39+,41+,42?/m1/s1. The highest BCUT2D eigenvalue weighted by Gasteiger charge is 2.46. The third kappa shape index (κ3) is 11.0. The van der Waals surface area contributed by atoms with Gasteiger partial charge < -0.3 is 35.6 Å².